The van der Waals surface area contributed by atoms with Crippen molar-refractivity contribution in [2.75, 3.05) is 0 Å². The van der Waals surface area contributed by atoms with E-state index in [9.17, 15) is 0 Å². The topological polar surface area (TPSA) is 9.23 Å². The van der Waals surface area contributed by atoms with E-state index in [1.54, 1.807) is 0 Å². The summed E-state index contributed by atoms with van der Waals surface area (Å²) in [7, 11) is -3.58. The van der Waals surface area contributed by atoms with Crippen LogP contribution in [-0.4, -0.2) is 16.6 Å². The van der Waals surface area contributed by atoms with Crippen LogP contribution in [0.1, 0.15) is 105 Å². The average molecular weight is 379 g/mol. The second-order valence-corrected chi connectivity index (χ2v) is 19.9. The van der Waals surface area contributed by atoms with Crippen molar-refractivity contribution in [2.45, 2.75) is 139 Å². The first kappa shape index (κ1) is 32.1. The van der Waals surface area contributed by atoms with Gasteiger partial charge in [0.2, 0.25) is 0 Å². The summed E-state index contributed by atoms with van der Waals surface area (Å²) in [5.41, 5.74) is 4.09. The molecule has 0 aromatic rings. The number of hydrogen-bond donors (Lipinski definition) is 0. The molecule has 0 radical (unpaired) electrons. The molecule has 0 unspecified atom stereocenters. The van der Waals surface area contributed by atoms with Gasteiger partial charge in [-0.3, -0.25) is 0 Å². The molecule has 0 aliphatic carbocycles. The summed E-state index contributed by atoms with van der Waals surface area (Å²) in [6.07, 6.45) is 0. The first-order valence-electron chi connectivity index (χ1n) is 9.07. The van der Waals surface area contributed by atoms with Crippen LogP contribution in [0.25, 0.3) is 0 Å². The summed E-state index contributed by atoms with van der Waals surface area (Å²) in [6, 6.07) is 0. The maximum Gasteiger partial charge on any atom is 0.187 e. The van der Waals surface area contributed by atoms with E-state index < -0.39 is 16.6 Å². The lowest BCUT2D eigenvalue weighted by molar-refractivity contribution is 0.426. The molecule has 0 rings (SSSR count). The Labute approximate surface area is 159 Å². The molecule has 0 aliphatic rings. The first-order valence-corrected chi connectivity index (χ1v) is 13.3. The predicted molar refractivity (Wildman–Crippen MR) is 123 cm³/mol. The van der Waals surface area contributed by atoms with Crippen molar-refractivity contribution in [1.82, 2.24) is 0 Å². The van der Waals surface area contributed by atoms with Crippen LogP contribution in [0.3, 0.4) is 0 Å². The smallest absolute Gasteiger partial charge is 0.187 e. The van der Waals surface area contributed by atoms with E-state index in [1.165, 1.54) is 0 Å². The third kappa shape index (κ3) is 5.70. The van der Waals surface area contributed by atoms with Gasteiger partial charge in [-0.25, -0.2) is 0 Å². The summed E-state index contributed by atoms with van der Waals surface area (Å²) in [6.45, 7) is 28.9. The van der Waals surface area contributed by atoms with E-state index in [4.69, 9.17) is 4.12 Å². The summed E-state index contributed by atoms with van der Waals surface area (Å²) in [5, 5.41) is 0. The van der Waals surface area contributed by atoms with Crippen LogP contribution in [0, 0.1) is 0 Å². The lowest BCUT2D eigenvalue weighted by atomic mass is 10.5. The predicted octanol–water partition coefficient (Wildman–Crippen LogP) is 9.26. The molecule has 152 valence electrons. The van der Waals surface area contributed by atoms with Crippen LogP contribution in [0.2, 0.25) is 33.2 Å². The zero-order valence-corrected chi connectivity index (χ0v) is 18.9. The van der Waals surface area contributed by atoms with Crippen LogP contribution < -0.4 is 0 Å². The maximum absolute atomic E-state index is 7.47. The molecule has 0 fully saturated rings. The summed E-state index contributed by atoms with van der Waals surface area (Å²) < 4.78 is 7.47. The van der Waals surface area contributed by atoms with Crippen molar-refractivity contribution in [3.8, 4) is 0 Å². The molecule has 0 atom stereocenters. The lowest BCUT2D eigenvalue weighted by Crippen LogP contribution is -2.60. The van der Waals surface area contributed by atoms with Gasteiger partial charge < -0.3 is 4.12 Å². The molecule has 0 amide bonds. The maximum atomic E-state index is 7.47. The molecule has 0 aromatic carbocycles. The fraction of sp³-hybridized carbons (Fsp3) is 1.00. The highest BCUT2D eigenvalue weighted by atomic mass is 28.4. The van der Waals surface area contributed by atoms with Gasteiger partial charge in [0.25, 0.3) is 0 Å². The van der Waals surface area contributed by atoms with Gasteiger partial charge in [0.15, 0.2) is 16.6 Å². The normalized spacial score (nSPS) is 12.8. The van der Waals surface area contributed by atoms with Crippen molar-refractivity contribution < 1.29 is 4.12 Å². The van der Waals surface area contributed by atoms with E-state index in [1.807, 2.05) is 0 Å². The highest BCUT2D eigenvalue weighted by Gasteiger charge is 2.54. The van der Waals surface area contributed by atoms with Gasteiger partial charge in [-0.15, -0.1) is 0 Å². The molecule has 24 heavy (non-hydrogen) atoms. The SMILES string of the molecule is C.C.C.CC(C)[Si](O[Si](C(C)C)(C(C)C)C(C)C)(C(C)C)C(C)C. The van der Waals surface area contributed by atoms with Crippen LogP contribution >= 0.6 is 0 Å². The minimum absolute atomic E-state index is 0. The summed E-state index contributed by atoms with van der Waals surface area (Å²) in [4.78, 5) is 0. The van der Waals surface area contributed by atoms with Crippen molar-refractivity contribution in [1.29, 1.82) is 0 Å². The second kappa shape index (κ2) is 11.9. The Bertz CT molecular complexity index is 233. The minimum Gasteiger partial charge on any atom is -0.454 e. The average Bonchev–Trinajstić information content (AvgIpc) is 2.26. The zero-order valence-electron chi connectivity index (χ0n) is 16.9. The molecule has 0 saturated heterocycles. The Morgan fingerprint density at radius 1 is 0.375 bits per heavy atom. The van der Waals surface area contributed by atoms with E-state index in [0.717, 1.165) is 0 Å². The van der Waals surface area contributed by atoms with Gasteiger partial charge in [0.1, 0.15) is 0 Å². The fourth-order valence-electron chi connectivity index (χ4n) is 5.01. The quantitative estimate of drug-likeness (QED) is 0.382. The Balaban J connectivity index is -0.000000667. The van der Waals surface area contributed by atoms with Crippen LogP contribution in [-0.2, 0) is 4.12 Å². The molecule has 0 spiro atoms. The monoisotopic (exact) mass is 378 g/mol. The molecule has 0 saturated carbocycles. The minimum atomic E-state index is -1.79. The lowest BCUT2D eigenvalue weighted by Gasteiger charge is -2.54. The molecule has 0 aromatic heterocycles. The molecular formula is C21H54OSi2. The molecule has 0 heterocycles. The van der Waals surface area contributed by atoms with E-state index in [0.29, 0.717) is 33.2 Å². The molecule has 1 nitrogen and oxygen atoms in total. The third-order valence-electron chi connectivity index (χ3n) is 5.77. The van der Waals surface area contributed by atoms with Crippen LogP contribution in [0.5, 0.6) is 0 Å². The Hall–Kier alpha value is 0.394. The molecular weight excluding hydrogens is 324 g/mol. The number of rotatable bonds is 8. The van der Waals surface area contributed by atoms with Crippen LogP contribution in [0.15, 0.2) is 0 Å². The fourth-order valence-corrected chi connectivity index (χ4v) is 21.1. The van der Waals surface area contributed by atoms with E-state index in [-0.39, 0.29) is 22.3 Å². The second-order valence-electron chi connectivity index (χ2n) is 8.74. The largest absolute Gasteiger partial charge is 0.454 e. The first-order chi connectivity index (χ1) is 9.37. The van der Waals surface area contributed by atoms with E-state index >= 15 is 0 Å². The Morgan fingerprint density at radius 3 is 0.583 bits per heavy atom. The molecule has 0 bridgehead atoms. The van der Waals surface area contributed by atoms with Crippen molar-refractivity contribution >= 4 is 16.6 Å². The number of hydrogen-bond acceptors (Lipinski definition) is 1. The Kier molecular flexibility index (Phi) is 15.9. The van der Waals surface area contributed by atoms with Crippen LogP contribution in [0.4, 0.5) is 0 Å². The van der Waals surface area contributed by atoms with Gasteiger partial charge in [-0.2, -0.15) is 0 Å². The molecule has 0 N–H and O–H groups in total. The molecule has 0 aliphatic heterocycles. The summed E-state index contributed by atoms with van der Waals surface area (Å²) in [5.74, 6) is 0. The molecule has 3 heteroatoms. The van der Waals surface area contributed by atoms with Crippen molar-refractivity contribution in [3.63, 3.8) is 0 Å². The van der Waals surface area contributed by atoms with Gasteiger partial charge in [-0.1, -0.05) is 105 Å². The summed E-state index contributed by atoms with van der Waals surface area (Å²) >= 11 is 0. The van der Waals surface area contributed by atoms with Gasteiger partial charge in [0, 0.05) is 0 Å². The van der Waals surface area contributed by atoms with Gasteiger partial charge in [-0.05, 0) is 33.2 Å². The van der Waals surface area contributed by atoms with E-state index in [2.05, 4.69) is 83.1 Å². The highest BCUT2D eigenvalue weighted by Crippen LogP contribution is 2.51. The van der Waals surface area contributed by atoms with Crippen molar-refractivity contribution in [3.05, 3.63) is 0 Å². The highest BCUT2D eigenvalue weighted by molar-refractivity contribution is 6.90. The standard InChI is InChI=1S/C18H42OSi2.3CH4/c1-13(2)20(14(3)4,15(5)6)19-21(16(7)8,17(9)10)18(11)12;;;/h13-18H,1-12H3;3*1H4. The van der Waals surface area contributed by atoms with Gasteiger partial charge in [0.05, 0.1) is 0 Å². The van der Waals surface area contributed by atoms with Gasteiger partial charge >= 0.3 is 0 Å². The zero-order chi connectivity index (χ0) is 17.2. The third-order valence-corrected chi connectivity index (χ3v) is 19.4. The Morgan fingerprint density at radius 2 is 0.500 bits per heavy atom. The van der Waals surface area contributed by atoms with Crippen molar-refractivity contribution in [2.24, 2.45) is 0 Å².